The van der Waals surface area contributed by atoms with E-state index in [0.29, 0.717) is 19.4 Å². The van der Waals surface area contributed by atoms with Crippen LogP contribution in [0.15, 0.2) is 30.3 Å². The minimum absolute atomic E-state index is 0.205. The summed E-state index contributed by atoms with van der Waals surface area (Å²) in [6.45, 7) is 0.493. The van der Waals surface area contributed by atoms with Crippen LogP contribution in [-0.2, 0) is 4.79 Å². The van der Waals surface area contributed by atoms with E-state index >= 15 is 0 Å². The zero-order valence-corrected chi connectivity index (χ0v) is 9.02. The molecule has 0 fully saturated rings. The van der Waals surface area contributed by atoms with Gasteiger partial charge in [0.15, 0.2) is 0 Å². The van der Waals surface area contributed by atoms with Crippen molar-refractivity contribution in [2.75, 3.05) is 6.54 Å². The average Bonchev–Trinajstić information content (AvgIpc) is 2.34. The second-order valence-electron chi connectivity index (χ2n) is 3.44. The monoisotopic (exact) mass is 217 g/mol. The van der Waals surface area contributed by atoms with E-state index in [1.807, 2.05) is 36.4 Å². The van der Waals surface area contributed by atoms with Crippen LogP contribution in [0.2, 0.25) is 0 Å². The van der Waals surface area contributed by atoms with Crippen LogP contribution in [0.5, 0.6) is 0 Å². The van der Waals surface area contributed by atoms with Gasteiger partial charge in [-0.15, -0.1) is 0 Å². The van der Waals surface area contributed by atoms with E-state index in [0.717, 1.165) is 5.56 Å². The first kappa shape index (κ1) is 12.2. The fraction of sp³-hybridized carbons (Fsp3) is 0.333. The molecule has 0 heterocycles. The molecule has 3 N–H and O–H groups in total. The minimum atomic E-state index is -0.636. The molecule has 0 bridgehead atoms. The second kappa shape index (κ2) is 6.59. The van der Waals surface area contributed by atoms with Gasteiger partial charge in [-0.25, -0.2) is 0 Å². The Morgan fingerprint density at radius 3 is 2.75 bits per heavy atom. The van der Waals surface area contributed by atoms with E-state index in [1.54, 1.807) is 0 Å². The molecule has 0 aliphatic rings. The number of amides is 1. The number of hydrogen-bond donors (Lipinski definition) is 2. The van der Waals surface area contributed by atoms with Crippen molar-refractivity contribution in [2.45, 2.75) is 18.9 Å². The quantitative estimate of drug-likeness (QED) is 0.725. The molecule has 1 rings (SSSR count). The van der Waals surface area contributed by atoms with E-state index in [4.69, 9.17) is 11.0 Å². The minimum Gasteiger partial charge on any atom is -0.354 e. The third kappa shape index (κ3) is 3.71. The predicted molar refractivity (Wildman–Crippen MR) is 61.2 cm³/mol. The molecule has 1 aromatic carbocycles. The summed E-state index contributed by atoms with van der Waals surface area (Å²) in [5.41, 5.74) is 6.57. The van der Waals surface area contributed by atoms with Crippen LogP contribution >= 0.6 is 0 Å². The Kier molecular flexibility index (Phi) is 5.03. The summed E-state index contributed by atoms with van der Waals surface area (Å²) in [6.07, 6.45) is 1.10. The van der Waals surface area contributed by atoms with Gasteiger partial charge in [0, 0.05) is 13.0 Å². The summed E-state index contributed by atoms with van der Waals surface area (Å²) in [4.78, 5) is 11.6. The number of nitrogens with zero attached hydrogens (tertiary/aromatic N) is 1. The summed E-state index contributed by atoms with van der Waals surface area (Å²) in [5.74, 6) is -0.205. The van der Waals surface area contributed by atoms with Crippen molar-refractivity contribution in [3.8, 4) is 6.07 Å². The van der Waals surface area contributed by atoms with Crippen LogP contribution in [0.3, 0.4) is 0 Å². The van der Waals surface area contributed by atoms with Crippen molar-refractivity contribution in [3.05, 3.63) is 35.9 Å². The van der Waals surface area contributed by atoms with E-state index in [1.165, 1.54) is 0 Å². The molecule has 4 heteroatoms. The van der Waals surface area contributed by atoms with Gasteiger partial charge in [0.1, 0.15) is 6.04 Å². The zero-order chi connectivity index (χ0) is 11.8. The van der Waals surface area contributed by atoms with Crippen LogP contribution in [-0.4, -0.2) is 12.5 Å². The van der Waals surface area contributed by atoms with E-state index in [2.05, 4.69) is 5.32 Å². The molecule has 0 radical (unpaired) electrons. The Morgan fingerprint density at radius 2 is 2.12 bits per heavy atom. The Bertz CT molecular complexity index is 370. The molecule has 4 nitrogen and oxygen atoms in total. The summed E-state index contributed by atoms with van der Waals surface area (Å²) < 4.78 is 0. The van der Waals surface area contributed by atoms with Crippen LogP contribution < -0.4 is 11.1 Å². The first-order chi connectivity index (χ1) is 7.75. The van der Waals surface area contributed by atoms with Crippen molar-refractivity contribution in [3.63, 3.8) is 0 Å². The number of rotatable bonds is 5. The van der Waals surface area contributed by atoms with E-state index in [9.17, 15) is 4.79 Å². The van der Waals surface area contributed by atoms with Gasteiger partial charge in [-0.2, -0.15) is 5.26 Å². The number of nitrogens with one attached hydrogen (secondary N) is 1. The Hall–Kier alpha value is -1.86. The first-order valence-corrected chi connectivity index (χ1v) is 5.21. The number of benzene rings is 1. The molecular weight excluding hydrogens is 202 g/mol. The van der Waals surface area contributed by atoms with Gasteiger partial charge >= 0.3 is 0 Å². The smallest absolute Gasteiger partial charge is 0.241 e. The van der Waals surface area contributed by atoms with Gasteiger partial charge in [-0.05, 0) is 12.0 Å². The summed E-state index contributed by atoms with van der Waals surface area (Å²) in [7, 11) is 0. The number of hydrogen-bond acceptors (Lipinski definition) is 3. The number of carbonyl (C=O) groups is 1. The van der Waals surface area contributed by atoms with E-state index in [-0.39, 0.29) is 5.91 Å². The molecule has 1 amide bonds. The third-order valence-electron chi connectivity index (χ3n) is 2.21. The summed E-state index contributed by atoms with van der Waals surface area (Å²) >= 11 is 0. The number of carbonyl (C=O) groups excluding carboxylic acids is 1. The van der Waals surface area contributed by atoms with Crippen LogP contribution in [0.25, 0.3) is 0 Å². The van der Waals surface area contributed by atoms with Crippen LogP contribution in [0, 0.1) is 11.3 Å². The highest BCUT2D eigenvalue weighted by Crippen LogP contribution is 2.08. The van der Waals surface area contributed by atoms with Crippen molar-refractivity contribution >= 4 is 5.91 Å². The Balaban J connectivity index is 2.40. The molecule has 0 aliphatic carbocycles. The normalized spacial score (nSPS) is 11.5. The van der Waals surface area contributed by atoms with Gasteiger partial charge in [0.05, 0.1) is 6.07 Å². The summed E-state index contributed by atoms with van der Waals surface area (Å²) in [6, 6.07) is 10.6. The second-order valence-corrected chi connectivity index (χ2v) is 3.44. The van der Waals surface area contributed by atoms with Crippen LogP contribution in [0.4, 0.5) is 0 Å². The maximum Gasteiger partial charge on any atom is 0.241 e. The fourth-order valence-electron chi connectivity index (χ4n) is 1.30. The molecule has 0 aliphatic heterocycles. The highest BCUT2D eigenvalue weighted by atomic mass is 16.2. The highest BCUT2D eigenvalue weighted by molar-refractivity contribution is 5.82. The topological polar surface area (TPSA) is 78.9 Å². The first-order valence-electron chi connectivity index (χ1n) is 5.21. The summed E-state index contributed by atoms with van der Waals surface area (Å²) in [5, 5.41) is 11.0. The third-order valence-corrected chi connectivity index (χ3v) is 2.21. The molecule has 16 heavy (non-hydrogen) atoms. The molecule has 0 spiro atoms. The van der Waals surface area contributed by atoms with Crippen molar-refractivity contribution in [2.24, 2.45) is 5.73 Å². The van der Waals surface area contributed by atoms with Crippen LogP contribution in [0.1, 0.15) is 24.4 Å². The highest BCUT2D eigenvalue weighted by Gasteiger charge is 2.14. The standard InChI is InChI=1S/C12H15N3O/c13-8-4-5-9-15-12(16)11(14)10-6-2-1-3-7-10/h1-3,6-7,11H,4-5,9,14H2,(H,15,16). The average molecular weight is 217 g/mol. The maximum absolute atomic E-state index is 11.6. The lowest BCUT2D eigenvalue weighted by molar-refractivity contribution is -0.122. The van der Waals surface area contributed by atoms with Crippen molar-refractivity contribution in [1.82, 2.24) is 5.32 Å². The van der Waals surface area contributed by atoms with E-state index < -0.39 is 6.04 Å². The fourth-order valence-corrected chi connectivity index (χ4v) is 1.30. The molecular formula is C12H15N3O. The van der Waals surface area contributed by atoms with Crippen molar-refractivity contribution < 1.29 is 4.79 Å². The number of nitriles is 1. The Labute approximate surface area is 95.1 Å². The molecule has 84 valence electrons. The van der Waals surface area contributed by atoms with Gasteiger partial charge in [-0.1, -0.05) is 30.3 Å². The number of nitrogens with two attached hydrogens (primary N) is 1. The van der Waals surface area contributed by atoms with Gasteiger partial charge in [-0.3, -0.25) is 4.79 Å². The lowest BCUT2D eigenvalue weighted by Crippen LogP contribution is -2.34. The number of unbranched alkanes of at least 4 members (excludes halogenated alkanes) is 1. The van der Waals surface area contributed by atoms with Crippen molar-refractivity contribution in [1.29, 1.82) is 5.26 Å². The largest absolute Gasteiger partial charge is 0.354 e. The van der Waals surface area contributed by atoms with Gasteiger partial charge in [0.2, 0.25) is 5.91 Å². The molecule has 1 unspecified atom stereocenters. The molecule has 1 aromatic rings. The predicted octanol–water partition coefficient (Wildman–Crippen LogP) is 1.11. The molecule has 0 saturated carbocycles. The lowest BCUT2D eigenvalue weighted by atomic mass is 10.1. The van der Waals surface area contributed by atoms with Gasteiger partial charge < -0.3 is 11.1 Å². The zero-order valence-electron chi connectivity index (χ0n) is 9.02. The lowest BCUT2D eigenvalue weighted by Gasteiger charge is -2.11. The molecule has 0 aromatic heterocycles. The molecule has 1 atom stereocenters. The SMILES string of the molecule is N#CCCCNC(=O)C(N)c1ccccc1. The Morgan fingerprint density at radius 1 is 1.44 bits per heavy atom. The maximum atomic E-state index is 11.6. The van der Waals surface area contributed by atoms with Gasteiger partial charge in [0.25, 0.3) is 0 Å². The molecule has 0 saturated heterocycles.